The summed E-state index contributed by atoms with van der Waals surface area (Å²) in [5.41, 5.74) is 1.89. The zero-order chi connectivity index (χ0) is 18.3. The highest BCUT2D eigenvalue weighted by Gasteiger charge is 2.43. The fourth-order valence-corrected chi connectivity index (χ4v) is 3.43. The Bertz CT molecular complexity index is 986. The lowest BCUT2D eigenvalue weighted by molar-refractivity contribution is 0.0704. The highest BCUT2D eigenvalue weighted by molar-refractivity contribution is 6.00. The van der Waals surface area contributed by atoms with Gasteiger partial charge in [0.2, 0.25) is 0 Å². The van der Waals surface area contributed by atoms with Crippen molar-refractivity contribution in [2.45, 2.75) is 6.04 Å². The van der Waals surface area contributed by atoms with Crippen LogP contribution in [0, 0.1) is 5.82 Å². The lowest BCUT2D eigenvalue weighted by Gasteiger charge is -2.26. The second-order valence-electron chi connectivity index (χ2n) is 6.02. The maximum atomic E-state index is 14.5. The third kappa shape index (κ3) is 2.36. The predicted molar refractivity (Wildman–Crippen MR) is 92.1 cm³/mol. The largest absolute Gasteiger partial charge is 0.507 e. The van der Waals surface area contributed by atoms with E-state index in [1.165, 1.54) is 17.0 Å². The van der Waals surface area contributed by atoms with Crippen LogP contribution in [0.5, 0.6) is 5.75 Å². The van der Waals surface area contributed by atoms with E-state index in [0.717, 1.165) is 0 Å². The van der Waals surface area contributed by atoms with Gasteiger partial charge >= 0.3 is 0 Å². The minimum Gasteiger partial charge on any atom is -0.507 e. The van der Waals surface area contributed by atoms with Crippen molar-refractivity contribution in [2.75, 3.05) is 13.2 Å². The number of halogens is 1. The number of aromatic nitrogens is 2. The van der Waals surface area contributed by atoms with Crippen LogP contribution >= 0.6 is 0 Å². The van der Waals surface area contributed by atoms with Crippen molar-refractivity contribution in [1.82, 2.24) is 15.1 Å². The molecule has 3 aromatic rings. The van der Waals surface area contributed by atoms with E-state index in [-0.39, 0.29) is 30.5 Å². The molecule has 2 aromatic carbocycles. The van der Waals surface area contributed by atoms with E-state index in [0.29, 0.717) is 22.4 Å². The number of fused-ring (bicyclic) bond motifs is 1. The molecule has 0 saturated carbocycles. The summed E-state index contributed by atoms with van der Waals surface area (Å²) in [5, 5.41) is 26.5. The van der Waals surface area contributed by atoms with Crippen LogP contribution in [0.1, 0.15) is 27.7 Å². The number of β-amino-alcohol motifs (C(OH)–C–C–N with tert-alkyl or cyclic N) is 1. The van der Waals surface area contributed by atoms with Crippen molar-refractivity contribution in [1.29, 1.82) is 0 Å². The Labute approximate surface area is 148 Å². The number of hydrogen-bond donors (Lipinski definition) is 3. The molecule has 0 spiro atoms. The van der Waals surface area contributed by atoms with E-state index in [9.17, 15) is 19.4 Å². The van der Waals surface area contributed by atoms with E-state index in [4.69, 9.17) is 0 Å². The first-order valence-corrected chi connectivity index (χ1v) is 8.16. The van der Waals surface area contributed by atoms with E-state index in [2.05, 4.69) is 10.2 Å². The molecule has 0 fully saturated rings. The number of aromatic hydroxyl groups is 1. The van der Waals surface area contributed by atoms with Gasteiger partial charge in [0.05, 0.1) is 12.6 Å². The van der Waals surface area contributed by atoms with Gasteiger partial charge in [-0.1, -0.05) is 30.3 Å². The number of para-hydroxylation sites is 1. The minimum atomic E-state index is -0.737. The molecule has 2 heterocycles. The van der Waals surface area contributed by atoms with Gasteiger partial charge in [0.15, 0.2) is 0 Å². The topological polar surface area (TPSA) is 89.5 Å². The highest BCUT2D eigenvalue weighted by atomic mass is 19.1. The standard InChI is InChI=1S/C19H16FN3O3/c20-13-7-3-1-5-11(13)18-15-16(12-6-2-4-8-14(12)25)21-22-17(15)19(26)23(18)9-10-24/h1-8,18,24-25H,9-10H2,(H,21,22)/t18-/m1/s1. The number of H-pyrrole nitrogens is 1. The molecule has 1 amide bonds. The van der Waals surface area contributed by atoms with Crippen LogP contribution in [0.15, 0.2) is 48.5 Å². The number of phenolic OH excluding ortho intramolecular Hbond substituents is 1. The number of nitrogens with zero attached hydrogens (tertiary/aromatic N) is 2. The Morgan fingerprint density at radius 3 is 2.62 bits per heavy atom. The zero-order valence-electron chi connectivity index (χ0n) is 13.7. The van der Waals surface area contributed by atoms with Crippen LogP contribution in [-0.4, -0.2) is 44.4 Å². The molecule has 0 aliphatic carbocycles. The number of amides is 1. The maximum absolute atomic E-state index is 14.5. The Balaban J connectivity index is 1.95. The second kappa shape index (κ2) is 6.27. The number of hydrogen-bond acceptors (Lipinski definition) is 4. The van der Waals surface area contributed by atoms with Crippen molar-refractivity contribution in [3.63, 3.8) is 0 Å². The number of carbonyl (C=O) groups excluding carboxylic acids is 1. The van der Waals surface area contributed by atoms with E-state index >= 15 is 0 Å². The number of nitrogens with one attached hydrogen (secondary N) is 1. The summed E-state index contributed by atoms with van der Waals surface area (Å²) in [4.78, 5) is 14.2. The molecule has 4 rings (SSSR count). The smallest absolute Gasteiger partial charge is 0.273 e. The van der Waals surface area contributed by atoms with E-state index in [1.807, 2.05) is 0 Å². The number of carbonyl (C=O) groups is 1. The summed E-state index contributed by atoms with van der Waals surface area (Å²) in [7, 11) is 0. The van der Waals surface area contributed by atoms with Crippen LogP contribution in [0.3, 0.4) is 0 Å². The first kappa shape index (κ1) is 16.3. The summed E-state index contributed by atoms with van der Waals surface area (Å²) in [6, 6.07) is 12.1. The lowest BCUT2D eigenvalue weighted by Crippen LogP contribution is -2.32. The molecule has 0 unspecified atom stereocenters. The average molecular weight is 353 g/mol. The average Bonchev–Trinajstić information content (AvgIpc) is 3.17. The Kier molecular flexibility index (Phi) is 3.93. The fraction of sp³-hybridized carbons (Fsp3) is 0.158. The SMILES string of the molecule is O=C1c2[nH]nc(-c3ccccc3O)c2[C@@H](c2ccccc2F)N1CCO. The van der Waals surface area contributed by atoms with Crippen LogP contribution in [0.2, 0.25) is 0 Å². The van der Waals surface area contributed by atoms with Gasteiger partial charge in [-0.3, -0.25) is 9.89 Å². The molecule has 132 valence electrons. The Hall–Kier alpha value is -3.19. The molecule has 7 heteroatoms. The molecule has 26 heavy (non-hydrogen) atoms. The van der Waals surface area contributed by atoms with Crippen LogP contribution in [0.25, 0.3) is 11.3 Å². The molecule has 1 aromatic heterocycles. The summed E-state index contributed by atoms with van der Waals surface area (Å²) in [5.74, 6) is -0.802. The van der Waals surface area contributed by atoms with Gasteiger partial charge in [0, 0.05) is 23.2 Å². The summed E-state index contributed by atoms with van der Waals surface area (Å²) in [6.07, 6.45) is 0. The zero-order valence-corrected chi connectivity index (χ0v) is 13.7. The van der Waals surface area contributed by atoms with Gasteiger partial charge in [0.1, 0.15) is 23.0 Å². The molecule has 6 nitrogen and oxygen atoms in total. The third-order valence-electron chi connectivity index (χ3n) is 4.56. The minimum absolute atomic E-state index is 0.0159. The number of aliphatic hydroxyl groups is 1. The molecule has 1 aliphatic heterocycles. The third-order valence-corrected chi connectivity index (χ3v) is 4.56. The normalized spacial score (nSPS) is 16.2. The fourth-order valence-electron chi connectivity index (χ4n) is 3.43. The molecular weight excluding hydrogens is 337 g/mol. The quantitative estimate of drug-likeness (QED) is 0.672. The van der Waals surface area contributed by atoms with Gasteiger partial charge in [-0.05, 0) is 18.2 Å². The van der Waals surface area contributed by atoms with Gasteiger partial charge in [-0.15, -0.1) is 0 Å². The summed E-state index contributed by atoms with van der Waals surface area (Å²) < 4.78 is 14.5. The summed E-state index contributed by atoms with van der Waals surface area (Å²) in [6.45, 7) is -0.194. The van der Waals surface area contributed by atoms with Crippen LogP contribution < -0.4 is 0 Å². The molecule has 1 aliphatic rings. The molecule has 0 bridgehead atoms. The van der Waals surface area contributed by atoms with Gasteiger partial charge < -0.3 is 15.1 Å². The molecule has 1 atom stereocenters. The number of rotatable bonds is 4. The van der Waals surface area contributed by atoms with Crippen molar-refractivity contribution in [2.24, 2.45) is 0 Å². The number of aromatic amines is 1. The Morgan fingerprint density at radius 2 is 1.88 bits per heavy atom. The van der Waals surface area contributed by atoms with Gasteiger partial charge in [-0.25, -0.2) is 4.39 Å². The molecule has 0 radical (unpaired) electrons. The number of aliphatic hydroxyl groups excluding tert-OH is 1. The molecular formula is C19H16FN3O3. The number of benzene rings is 2. The van der Waals surface area contributed by atoms with Gasteiger partial charge in [0.25, 0.3) is 5.91 Å². The summed E-state index contributed by atoms with van der Waals surface area (Å²) >= 11 is 0. The van der Waals surface area contributed by atoms with Gasteiger partial charge in [-0.2, -0.15) is 5.10 Å². The number of phenols is 1. The van der Waals surface area contributed by atoms with Crippen molar-refractivity contribution >= 4 is 5.91 Å². The van der Waals surface area contributed by atoms with Crippen molar-refractivity contribution < 1.29 is 19.4 Å². The highest BCUT2D eigenvalue weighted by Crippen LogP contribution is 2.44. The predicted octanol–water partition coefficient (Wildman–Crippen LogP) is 2.46. The monoisotopic (exact) mass is 353 g/mol. The maximum Gasteiger partial charge on any atom is 0.273 e. The molecule has 0 saturated heterocycles. The first-order chi connectivity index (χ1) is 12.6. The lowest BCUT2D eigenvalue weighted by atomic mass is 9.95. The van der Waals surface area contributed by atoms with Crippen LogP contribution in [-0.2, 0) is 0 Å². The van der Waals surface area contributed by atoms with Crippen LogP contribution in [0.4, 0.5) is 4.39 Å². The van der Waals surface area contributed by atoms with Crippen molar-refractivity contribution in [3.8, 4) is 17.0 Å². The second-order valence-corrected chi connectivity index (χ2v) is 6.02. The van der Waals surface area contributed by atoms with E-state index < -0.39 is 11.9 Å². The first-order valence-electron chi connectivity index (χ1n) is 8.16. The Morgan fingerprint density at radius 1 is 1.15 bits per heavy atom. The van der Waals surface area contributed by atoms with Crippen molar-refractivity contribution in [3.05, 3.63) is 71.2 Å². The molecule has 3 N–H and O–H groups in total. The van der Waals surface area contributed by atoms with E-state index in [1.54, 1.807) is 36.4 Å².